The van der Waals surface area contributed by atoms with Gasteiger partial charge in [0.2, 0.25) is 0 Å². The van der Waals surface area contributed by atoms with E-state index in [1.54, 1.807) is 6.08 Å². The molecule has 0 spiro atoms. The SMILES string of the molecule is C=CC=CCCCC=O. The van der Waals surface area contributed by atoms with Gasteiger partial charge in [-0.25, -0.2) is 0 Å². The highest BCUT2D eigenvalue weighted by Gasteiger charge is 1.78. The molecule has 0 heterocycles. The monoisotopic (exact) mass is 124 g/mol. The van der Waals surface area contributed by atoms with Gasteiger partial charge < -0.3 is 4.79 Å². The summed E-state index contributed by atoms with van der Waals surface area (Å²) in [5, 5.41) is 0. The Balaban J connectivity index is 2.98. The van der Waals surface area contributed by atoms with Gasteiger partial charge in [0.05, 0.1) is 0 Å². The van der Waals surface area contributed by atoms with Gasteiger partial charge in [0.25, 0.3) is 0 Å². The average Bonchev–Trinajstić information content (AvgIpc) is 1.89. The van der Waals surface area contributed by atoms with E-state index in [-0.39, 0.29) is 0 Å². The Morgan fingerprint density at radius 2 is 2.11 bits per heavy atom. The van der Waals surface area contributed by atoms with Gasteiger partial charge in [-0.05, 0) is 12.8 Å². The van der Waals surface area contributed by atoms with Crippen molar-refractivity contribution < 1.29 is 4.79 Å². The summed E-state index contributed by atoms with van der Waals surface area (Å²) in [5.74, 6) is 0. The molecular weight excluding hydrogens is 112 g/mol. The van der Waals surface area contributed by atoms with Crippen LogP contribution in [0.25, 0.3) is 0 Å². The van der Waals surface area contributed by atoms with E-state index in [1.165, 1.54) is 0 Å². The zero-order valence-electron chi connectivity index (χ0n) is 5.55. The molecule has 0 aromatic heterocycles. The van der Waals surface area contributed by atoms with Gasteiger partial charge >= 0.3 is 0 Å². The van der Waals surface area contributed by atoms with E-state index in [2.05, 4.69) is 6.58 Å². The highest BCUT2D eigenvalue weighted by atomic mass is 16.1. The van der Waals surface area contributed by atoms with Crippen molar-refractivity contribution in [3.05, 3.63) is 24.8 Å². The molecule has 1 nitrogen and oxygen atoms in total. The number of hydrogen-bond acceptors (Lipinski definition) is 1. The fraction of sp³-hybridized carbons (Fsp3) is 0.375. The van der Waals surface area contributed by atoms with E-state index >= 15 is 0 Å². The van der Waals surface area contributed by atoms with E-state index in [1.807, 2.05) is 12.2 Å². The van der Waals surface area contributed by atoms with E-state index in [0.717, 1.165) is 19.1 Å². The molecule has 0 unspecified atom stereocenters. The molecule has 9 heavy (non-hydrogen) atoms. The first-order valence-corrected chi connectivity index (χ1v) is 3.13. The first-order chi connectivity index (χ1) is 4.41. The summed E-state index contributed by atoms with van der Waals surface area (Å²) >= 11 is 0. The summed E-state index contributed by atoms with van der Waals surface area (Å²) in [4.78, 5) is 9.79. The molecule has 0 bridgehead atoms. The van der Waals surface area contributed by atoms with Gasteiger partial charge in [-0.1, -0.05) is 24.8 Å². The van der Waals surface area contributed by atoms with Crippen molar-refractivity contribution in [2.24, 2.45) is 0 Å². The number of hydrogen-bond donors (Lipinski definition) is 0. The molecule has 0 aliphatic heterocycles. The molecule has 0 fully saturated rings. The van der Waals surface area contributed by atoms with Crippen LogP contribution >= 0.6 is 0 Å². The largest absolute Gasteiger partial charge is 0.303 e. The van der Waals surface area contributed by atoms with Crippen molar-refractivity contribution in [3.63, 3.8) is 0 Å². The minimum Gasteiger partial charge on any atom is -0.303 e. The van der Waals surface area contributed by atoms with Crippen LogP contribution in [0.1, 0.15) is 19.3 Å². The fourth-order valence-electron chi connectivity index (χ4n) is 0.511. The van der Waals surface area contributed by atoms with E-state index < -0.39 is 0 Å². The van der Waals surface area contributed by atoms with Crippen LogP contribution in [0.4, 0.5) is 0 Å². The molecule has 0 saturated carbocycles. The highest BCUT2D eigenvalue weighted by Crippen LogP contribution is 1.93. The van der Waals surface area contributed by atoms with Gasteiger partial charge in [-0.3, -0.25) is 0 Å². The molecule has 0 amide bonds. The summed E-state index contributed by atoms with van der Waals surface area (Å²) in [6.07, 6.45) is 9.18. The lowest BCUT2D eigenvalue weighted by Gasteiger charge is -1.83. The third-order valence-electron chi connectivity index (χ3n) is 0.965. The Kier molecular flexibility index (Phi) is 6.47. The van der Waals surface area contributed by atoms with E-state index in [4.69, 9.17) is 0 Å². The van der Waals surface area contributed by atoms with E-state index in [0.29, 0.717) is 6.42 Å². The maximum atomic E-state index is 9.79. The predicted molar refractivity (Wildman–Crippen MR) is 39.3 cm³/mol. The predicted octanol–water partition coefficient (Wildman–Crippen LogP) is 2.10. The van der Waals surface area contributed by atoms with Crippen molar-refractivity contribution in [1.82, 2.24) is 0 Å². The number of aldehydes is 1. The molecule has 0 aliphatic rings. The molecular formula is C8H12O. The van der Waals surface area contributed by atoms with Crippen molar-refractivity contribution in [1.29, 1.82) is 0 Å². The van der Waals surface area contributed by atoms with Crippen LogP contribution in [-0.4, -0.2) is 6.29 Å². The first-order valence-electron chi connectivity index (χ1n) is 3.13. The number of carbonyl (C=O) groups excluding carboxylic acids is 1. The summed E-state index contributed by atoms with van der Waals surface area (Å²) in [6, 6.07) is 0. The molecule has 0 rings (SSSR count). The second kappa shape index (κ2) is 7.15. The molecule has 1 heteroatoms. The van der Waals surface area contributed by atoms with Crippen LogP contribution in [-0.2, 0) is 4.79 Å². The summed E-state index contributed by atoms with van der Waals surface area (Å²) in [7, 11) is 0. The molecule has 50 valence electrons. The van der Waals surface area contributed by atoms with Crippen LogP contribution in [0.3, 0.4) is 0 Å². The van der Waals surface area contributed by atoms with E-state index in [9.17, 15) is 4.79 Å². The second-order valence-electron chi connectivity index (χ2n) is 1.76. The molecule has 0 saturated heterocycles. The summed E-state index contributed by atoms with van der Waals surface area (Å²) in [6.45, 7) is 3.52. The van der Waals surface area contributed by atoms with Crippen molar-refractivity contribution in [2.75, 3.05) is 0 Å². The second-order valence-corrected chi connectivity index (χ2v) is 1.76. The van der Waals surface area contributed by atoms with Crippen LogP contribution in [0, 0.1) is 0 Å². The van der Waals surface area contributed by atoms with Gasteiger partial charge in [0, 0.05) is 6.42 Å². The Morgan fingerprint density at radius 3 is 2.67 bits per heavy atom. The zero-order valence-corrected chi connectivity index (χ0v) is 5.55. The number of allylic oxidation sites excluding steroid dienone is 3. The Labute approximate surface area is 56.1 Å². The highest BCUT2D eigenvalue weighted by molar-refractivity contribution is 5.49. The minimum atomic E-state index is 0.668. The van der Waals surface area contributed by atoms with Gasteiger partial charge in [-0.2, -0.15) is 0 Å². The topological polar surface area (TPSA) is 17.1 Å². The summed E-state index contributed by atoms with van der Waals surface area (Å²) < 4.78 is 0. The van der Waals surface area contributed by atoms with Crippen LogP contribution in [0.5, 0.6) is 0 Å². The zero-order chi connectivity index (χ0) is 6.95. The van der Waals surface area contributed by atoms with Gasteiger partial charge in [-0.15, -0.1) is 0 Å². The quantitative estimate of drug-likeness (QED) is 0.311. The van der Waals surface area contributed by atoms with Gasteiger partial charge in [0.1, 0.15) is 6.29 Å². The van der Waals surface area contributed by atoms with Gasteiger partial charge in [0.15, 0.2) is 0 Å². The van der Waals surface area contributed by atoms with Crippen LogP contribution < -0.4 is 0 Å². The van der Waals surface area contributed by atoms with Crippen LogP contribution in [0.2, 0.25) is 0 Å². The lowest BCUT2D eigenvalue weighted by atomic mass is 10.2. The maximum Gasteiger partial charge on any atom is 0.120 e. The number of carbonyl (C=O) groups is 1. The lowest BCUT2D eigenvalue weighted by molar-refractivity contribution is -0.107. The Bertz CT molecular complexity index is 103. The Hall–Kier alpha value is -0.850. The Morgan fingerprint density at radius 1 is 1.33 bits per heavy atom. The van der Waals surface area contributed by atoms with Crippen LogP contribution in [0.15, 0.2) is 24.8 Å². The number of rotatable bonds is 5. The fourth-order valence-corrected chi connectivity index (χ4v) is 0.511. The standard InChI is InChI=1S/C8H12O/c1-2-3-4-5-6-7-8-9/h2-4,8H,1,5-7H2. The summed E-state index contributed by atoms with van der Waals surface area (Å²) in [5.41, 5.74) is 0. The molecule has 0 atom stereocenters. The van der Waals surface area contributed by atoms with Crippen molar-refractivity contribution in [3.8, 4) is 0 Å². The first kappa shape index (κ1) is 8.15. The molecule has 0 aliphatic carbocycles. The third-order valence-corrected chi connectivity index (χ3v) is 0.965. The molecule has 0 aromatic carbocycles. The molecule has 0 aromatic rings. The smallest absolute Gasteiger partial charge is 0.120 e. The maximum absolute atomic E-state index is 9.79. The molecule has 0 radical (unpaired) electrons. The average molecular weight is 124 g/mol. The lowest BCUT2D eigenvalue weighted by Crippen LogP contribution is -1.72. The normalized spacial score (nSPS) is 9.78. The third kappa shape index (κ3) is 7.15. The van der Waals surface area contributed by atoms with Crippen molar-refractivity contribution >= 4 is 6.29 Å². The van der Waals surface area contributed by atoms with Crippen molar-refractivity contribution in [2.45, 2.75) is 19.3 Å². The number of unbranched alkanes of at least 4 members (excludes halogenated alkanes) is 2. The molecule has 0 N–H and O–H groups in total. The minimum absolute atomic E-state index is 0.668.